The Morgan fingerprint density at radius 3 is 1.61 bits per heavy atom. The van der Waals surface area contributed by atoms with Crippen LogP contribution >= 0.6 is 0 Å². The van der Waals surface area contributed by atoms with Crippen LogP contribution in [0.4, 0.5) is 26.3 Å². The summed E-state index contributed by atoms with van der Waals surface area (Å²) in [5.41, 5.74) is -12.3. The molecule has 0 aromatic rings. The molecule has 13 heteroatoms. The zero-order valence-electron chi connectivity index (χ0n) is 12.1. The zero-order chi connectivity index (χ0) is 18.7. The van der Waals surface area contributed by atoms with Gasteiger partial charge in [-0.1, -0.05) is 13.8 Å². The van der Waals surface area contributed by atoms with Gasteiger partial charge in [-0.05, 0) is 18.8 Å². The standard InChI is InChI=1S/C10H16F6O5S2/c1-3-4-21-6-7(2)5-8(22(17,18)9(11,12)13)23(19,20)10(14,15)16/h7-8H,3-6H2,1-2H3. The predicted molar refractivity (Wildman–Crippen MR) is 68.6 cm³/mol. The molecule has 140 valence electrons. The molecule has 0 amide bonds. The van der Waals surface area contributed by atoms with Crippen molar-refractivity contribution in [3.8, 4) is 0 Å². The Morgan fingerprint density at radius 2 is 1.30 bits per heavy atom. The highest BCUT2D eigenvalue weighted by Gasteiger charge is 2.62. The Hall–Kier alpha value is -0.560. The summed E-state index contributed by atoms with van der Waals surface area (Å²) in [5, 5.41) is 0. The van der Waals surface area contributed by atoms with Gasteiger partial charge in [0.05, 0.1) is 0 Å². The quantitative estimate of drug-likeness (QED) is 0.467. The van der Waals surface area contributed by atoms with Gasteiger partial charge < -0.3 is 4.74 Å². The van der Waals surface area contributed by atoms with E-state index in [0.29, 0.717) is 6.42 Å². The van der Waals surface area contributed by atoms with E-state index in [1.807, 2.05) is 0 Å². The summed E-state index contributed by atoms with van der Waals surface area (Å²) in [6.07, 6.45) is -0.870. The van der Waals surface area contributed by atoms with Crippen molar-refractivity contribution in [2.24, 2.45) is 5.92 Å². The SMILES string of the molecule is CCCOCC(C)CC(S(=O)(=O)C(F)(F)F)S(=O)(=O)C(F)(F)F. The molecule has 0 heterocycles. The molecule has 0 spiro atoms. The van der Waals surface area contributed by atoms with E-state index in [-0.39, 0.29) is 13.2 Å². The summed E-state index contributed by atoms with van der Waals surface area (Å²) in [6, 6.07) is 0. The third-order valence-electron chi connectivity index (χ3n) is 2.68. The van der Waals surface area contributed by atoms with Gasteiger partial charge in [0.2, 0.25) is 0 Å². The minimum absolute atomic E-state index is 0.146. The molecule has 23 heavy (non-hydrogen) atoms. The van der Waals surface area contributed by atoms with Crippen LogP contribution in [-0.2, 0) is 24.4 Å². The molecular formula is C10H16F6O5S2. The average molecular weight is 394 g/mol. The van der Waals surface area contributed by atoms with Crippen LogP contribution in [-0.4, -0.2) is 45.6 Å². The Balaban J connectivity index is 5.70. The van der Waals surface area contributed by atoms with Crippen LogP contribution in [0.2, 0.25) is 0 Å². The molecule has 0 bridgehead atoms. The topological polar surface area (TPSA) is 77.5 Å². The van der Waals surface area contributed by atoms with E-state index < -0.39 is 47.6 Å². The molecule has 0 aromatic heterocycles. The monoisotopic (exact) mass is 394 g/mol. The van der Waals surface area contributed by atoms with Crippen molar-refractivity contribution in [1.82, 2.24) is 0 Å². The van der Waals surface area contributed by atoms with Gasteiger partial charge in [0.25, 0.3) is 19.7 Å². The second-order valence-electron chi connectivity index (χ2n) is 4.83. The van der Waals surface area contributed by atoms with Crippen LogP contribution in [0.3, 0.4) is 0 Å². The lowest BCUT2D eigenvalue weighted by Crippen LogP contribution is -2.45. The summed E-state index contributed by atoms with van der Waals surface area (Å²) in [4.78, 5) is 0. The smallest absolute Gasteiger partial charge is 0.381 e. The zero-order valence-corrected chi connectivity index (χ0v) is 13.7. The summed E-state index contributed by atoms with van der Waals surface area (Å²) in [7, 11) is -13.1. The van der Waals surface area contributed by atoms with Crippen LogP contribution in [0.15, 0.2) is 0 Å². The molecule has 0 fully saturated rings. The minimum atomic E-state index is -6.57. The fraction of sp³-hybridized carbons (Fsp3) is 1.00. The van der Waals surface area contributed by atoms with Crippen LogP contribution < -0.4 is 0 Å². The van der Waals surface area contributed by atoms with Crippen LogP contribution in [0.25, 0.3) is 0 Å². The van der Waals surface area contributed by atoms with Crippen molar-refractivity contribution in [2.75, 3.05) is 13.2 Å². The first kappa shape index (κ1) is 22.4. The van der Waals surface area contributed by atoms with Crippen molar-refractivity contribution in [2.45, 2.75) is 42.3 Å². The Kier molecular flexibility index (Phi) is 7.37. The maximum absolute atomic E-state index is 12.5. The molecular weight excluding hydrogens is 378 g/mol. The summed E-state index contributed by atoms with van der Waals surface area (Å²) >= 11 is 0. The summed E-state index contributed by atoms with van der Waals surface area (Å²) in [5.74, 6) is -1.15. The number of hydrogen-bond acceptors (Lipinski definition) is 5. The van der Waals surface area contributed by atoms with Crippen molar-refractivity contribution >= 4 is 19.7 Å². The van der Waals surface area contributed by atoms with Gasteiger partial charge in [-0.3, -0.25) is 0 Å². The second kappa shape index (κ2) is 7.55. The maximum Gasteiger partial charge on any atom is 0.498 e. The van der Waals surface area contributed by atoms with Gasteiger partial charge in [0.15, 0.2) is 4.58 Å². The van der Waals surface area contributed by atoms with Crippen molar-refractivity contribution < 1.29 is 47.9 Å². The van der Waals surface area contributed by atoms with E-state index in [1.165, 1.54) is 0 Å². The van der Waals surface area contributed by atoms with E-state index in [0.717, 1.165) is 6.92 Å². The van der Waals surface area contributed by atoms with Gasteiger partial charge in [-0.25, -0.2) is 16.8 Å². The molecule has 0 N–H and O–H groups in total. The lowest BCUT2D eigenvalue weighted by molar-refractivity contribution is -0.0475. The molecule has 0 aliphatic heterocycles. The fourth-order valence-corrected chi connectivity index (χ4v) is 5.29. The van der Waals surface area contributed by atoms with Gasteiger partial charge in [-0.15, -0.1) is 0 Å². The van der Waals surface area contributed by atoms with E-state index in [4.69, 9.17) is 4.74 Å². The summed E-state index contributed by atoms with van der Waals surface area (Å²) in [6.45, 7) is 2.56. The summed E-state index contributed by atoms with van der Waals surface area (Å²) < 4.78 is 121. The Morgan fingerprint density at radius 1 is 0.913 bits per heavy atom. The second-order valence-corrected chi connectivity index (χ2v) is 9.37. The highest BCUT2D eigenvalue weighted by molar-refractivity contribution is 8.09. The molecule has 0 rings (SSSR count). The highest BCUT2D eigenvalue weighted by Crippen LogP contribution is 2.38. The molecule has 0 aliphatic carbocycles. The maximum atomic E-state index is 12.5. The Bertz CT molecular complexity index is 534. The first-order valence-electron chi connectivity index (χ1n) is 6.27. The lowest BCUT2D eigenvalue weighted by atomic mass is 10.1. The van der Waals surface area contributed by atoms with E-state index in [2.05, 4.69) is 0 Å². The molecule has 0 aliphatic rings. The molecule has 5 nitrogen and oxygen atoms in total. The van der Waals surface area contributed by atoms with Gasteiger partial charge >= 0.3 is 11.0 Å². The van der Waals surface area contributed by atoms with E-state index in [9.17, 15) is 43.2 Å². The largest absolute Gasteiger partial charge is 0.498 e. The molecule has 0 saturated heterocycles. The average Bonchev–Trinajstić information content (AvgIpc) is 2.33. The third-order valence-corrected chi connectivity index (χ3v) is 7.26. The molecule has 1 atom stereocenters. The molecule has 0 radical (unpaired) electrons. The number of alkyl halides is 6. The van der Waals surface area contributed by atoms with Gasteiger partial charge in [0.1, 0.15) is 0 Å². The van der Waals surface area contributed by atoms with Crippen molar-refractivity contribution in [3.05, 3.63) is 0 Å². The van der Waals surface area contributed by atoms with Crippen LogP contribution in [0.1, 0.15) is 26.7 Å². The number of ether oxygens (including phenoxy) is 1. The molecule has 0 saturated carbocycles. The normalized spacial score (nSPS) is 15.9. The number of halogens is 6. The van der Waals surface area contributed by atoms with Crippen LogP contribution in [0, 0.1) is 5.92 Å². The minimum Gasteiger partial charge on any atom is -0.381 e. The molecule has 1 unspecified atom stereocenters. The number of sulfone groups is 2. The lowest BCUT2D eigenvalue weighted by Gasteiger charge is -2.23. The van der Waals surface area contributed by atoms with E-state index in [1.54, 1.807) is 6.92 Å². The van der Waals surface area contributed by atoms with Gasteiger partial charge in [-0.2, -0.15) is 26.3 Å². The first-order chi connectivity index (χ1) is 10.1. The van der Waals surface area contributed by atoms with Gasteiger partial charge in [0, 0.05) is 13.2 Å². The fourth-order valence-electron chi connectivity index (χ4n) is 1.54. The van der Waals surface area contributed by atoms with Crippen molar-refractivity contribution in [1.29, 1.82) is 0 Å². The number of rotatable bonds is 8. The first-order valence-corrected chi connectivity index (χ1v) is 9.36. The predicted octanol–water partition coefficient (Wildman–Crippen LogP) is 2.63. The van der Waals surface area contributed by atoms with Crippen LogP contribution in [0.5, 0.6) is 0 Å². The van der Waals surface area contributed by atoms with E-state index >= 15 is 0 Å². The Labute approximate surface area is 129 Å². The number of hydrogen-bond donors (Lipinski definition) is 0. The highest BCUT2D eigenvalue weighted by atomic mass is 32.3. The third kappa shape index (κ3) is 5.48. The van der Waals surface area contributed by atoms with Crippen molar-refractivity contribution in [3.63, 3.8) is 0 Å². The molecule has 0 aromatic carbocycles.